The van der Waals surface area contributed by atoms with Crippen LogP contribution in [0.2, 0.25) is 5.22 Å². The number of pyridine rings is 1. The summed E-state index contributed by atoms with van der Waals surface area (Å²) in [5, 5.41) is 11.4. The van der Waals surface area contributed by atoms with Gasteiger partial charge in [0.05, 0.1) is 0 Å². The quantitative estimate of drug-likeness (QED) is 0.893. The normalized spacial score (nSPS) is 10.2. The third-order valence-corrected chi connectivity index (χ3v) is 2.50. The monoisotopic (exact) mass is 280 g/mol. The number of aromatic carboxylic acids is 1. The molecule has 2 aromatic heterocycles. The molecular formula is C12H9ClN2O4. The SMILES string of the molecule is O=C(O)c1ccc(CNC(=O)c2ccc(Cl)o2)cn1. The summed E-state index contributed by atoms with van der Waals surface area (Å²) >= 11 is 5.56. The fourth-order valence-corrected chi connectivity index (χ4v) is 1.51. The van der Waals surface area contributed by atoms with Crippen LogP contribution in [0.25, 0.3) is 0 Å². The number of halogens is 1. The van der Waals surface area contributed by atoms with Gasteiger partial charge < -0.3 is 14.8 Å². The van der Waals surface area contributed by atoms with Crippen molar-refractivity contribution in [2.24, 2.45) is 0 Å². The lowest BCUT2D eigenvalue weighted by Gasteiger charge is -2.03. The van der Waals surface area contributed by atoms with Gasteiger partial charge in [-0.1, -0.05) is 6.07 Å². The zero-order valence-corrected chi connectivity index (χ0v) is 10.3. The maximum absolute atomic E-state index is 11.6. The molecule has 0 aliphatic heterocycles. The molecule has 0 atom stereocenters. The summed E-state index contributed by atoms with van der Waals surface area (Å²) in [7, 11) is 0. The van der Waals surface area contributed by atoms with Crippen LogP contribution in [-0.2, 0) is 6.54 Å². The van der Waals surface area contributed by atoms with Crippen LogP contribution in [0.5, 0.6) is 0 Å². The van der Waals surface area contributed by atoms with Gasteiger partial charge in [-0.3, -0.25) is 4.79 Å². The first-order valence-corrected chi connectivity index (χ1v) is 5.66. The number of hydrogen-bond donors (Lipinski definition) is 2. The molecule has 0 bridgehead atoms. The van der Waals surface area contributed by atoms with Crippen LogP contribution in [0.1, 0.15) is 26.6 Å². The second kappa shape index (κ2) is 5.53. The lowest BCUT2D eigenvalue weighted by atomic mass is 10.2. The molecule has 2 heterocycles. The molecule has 0 radical (unpaired) electrons. The summed E-state index contributed by atoms with van der Waals surface area (Å²) < 4.78 is 4.94. The average molecular weight is 281 g/mol. The van der Waals surface area contributed by atoms with Crippen molar-refractivity contribution in [3.8, 4) is 0 Å². The molecule has 98 valence electrons. The number of carboxylic acid groups (broad SMARTS) is 1. The Kier molecular flexibility index (Phi) is 3.82. The molecule has 19 heavy (non-hydrogen) atoms. The van der Waals surface area contributed by atoms with E-state index >= 15 is 0 Å². The van der Waals surface area contributed by atoms with E-state index in [0.29, 0.717) is 5.56 Å². The van der Waals surface area contributed by atoms with E-state index in [1.54, 1.807) is 6.07 Å². The largest absolute Gasteiger partial charge is 0.477 e. The highest BCUT2D eigenvalue weighted by molar-refractivity contribution is 6.29. The Bertz CT molecular complexity index is 606. The van der Waals surface area contributed by atoms with E-state index in [0.717, 1.165) is 0 Å². The molecule has 2 rings (SSSR count). The maximum Gasteiger partial charge on any atom is 0.354 e. The summed E-state index contributed by atoms with van der Waals surface area (Å²) in [5.74, 6) is -1.39. The number of carbonyl (C=O) groups is 2. The van der Waals surface area contributed by atoms with E-state index in [4.69, 9.17) is 21.1 Å². The van der Waals surface area contributed by atoms with Gasteiger partial charge in [-0.2, -0.15) is 0 Å². The summed E-state index contributed by atoms with van der Waals surface area (Å²) in [5.41, 5.74) is 0.629. The molecule has 0 saturated heterocycles. The number of carboxylic acids is 1. The highest BCUT2D eigenvalue weighted by Gasteiger charge is 2.10. The Morgan fingerprint density at radius 1 is 1.32 bits per heavy atom. The second-order valence-corrected chi connectivity index (χ2v) is 4.02. The summed E-state index contributed by atoms with van der Waals surface area (Å²) in [6.07, 6.45) is 1.39. The summed E-state index contributed by atoms with van der Waals surface area (Å²) in [6.45, 7) is 0.212. The van der Waals surface area contributed by atoms with Crippen LogP contribution < -0.4 is 5.32 Å². The molecule has 0 aliphatic rings. The smallest absolute Gasteiger partial charge is 0.354 e. The maximum atomic E-state index is 11.6. The van der Waals surface area contributed by atoms with E-state index in [2.05, 4.69) is 10.3 Å². The molecule has 2 N–H and O–H groups in total. The molecule has 2 aromatic rings. The molecule has 0 aliphatic carbocycles. The third-order valence-electron chi connectivity index (χ3n) is 2.29. The van der Waals surface area contributed by atoms with Gasteiger partial charge in [0.25, 0.3) is 5.91 Å². The van der Waals surface area contributed by atoms with Gasteiger partial charge in [0, 0.05) is 12.7 Å². The first-order valence-electron chi connectivity index (χ1n) is 5.28. The highest BCUT2D eigenvalue weighted by Crippen LogP contribution is 2.12. The van der Waals surface area contributed by atoms with Gasteiger partial charge in [0.2, 0.25) is 0 Å². The van der Waals surface area contributed by atoms with Crippen molar-refractivity contribution in [3.63, 3.8) is 0 Å². The molecular weight excluding hydrogens is 272 g/mol. The van der Waals surface area contributed by atoms with Gasteiger partial charge in [-0.25, -0.2) is 9.78 Å². The van der Waals surface area contributed by atoms with E-state index in [-0.39, 0.29) is 23.2 Å². The van der Waals surface area contributed by atoms with Crippen LogP contribution in [0.15, 0.2) is 34.9 Å². The third kappa shape index (κ3) is 3.32. The van der Waals surface area contributed by atoms with Crippen LogP contribution in [0.4, 0.5) is 0 Å². The fraction of sp³-hybridized carbons (Fsp3) is 0.0833. The zero-order chi connectivity index (χ0) is 13.8. The Hall–Kier alpha value is -2.34. The molecule has 0 spiro atoms. The Morgan fingerprint density at radius 3 is 2.63 bits per heavy atom. The lowest BCUT2D eigenvalue weighted by Crippen LogP contribution is -2.22. The van der Waals surface area contributed by atoms with Gasteiger partial charge in [0.15, 0.2) is 11.0 Å². The molecule has 0 fully saturated rings. The number of nitrogens with one attached hydrogen (secondary N) is 1. The van der Waals surface area contributed by atoms with E-state index in [1.807, 2.05) is 0 Å². The number of hydrogen-bond acceptors (Lipinski definition) is 4. The number of rotatable bonds is 4. The van der Waals surface area contributed by atoms with Crippen molar-refractivity contribution in [1.82, 2.24) is 10.3 Å². The minimum Gasteiger partial charge on any atom is -0.477 e. The van der Waals surface area contributed by atoms with Crippen molar-refractivity contribution in [1.29, 1.82) is 0 Å². The van der Waals surface area contributed by atoms with Crippen LogP contribution in [-0.4, -0.2) is 22.0 Å². The Balaban J connectivity index is 1.95. The number of carbonyl (C=O) groups excluding carboxylic acids is 1. The average Bonchev–Trinajstić information content (AvgIpc) is 2.83. The molecule has 6 nitrogen and oxygen atoms in total. The molecule has 0 saturated carbocycles. The van der Waals surface area contributed by atoms with E-state index < -0.39 is 11.9 Å². The Morgan fingerprint density at radius 2 is 2.11 bits per heavy atom. The van der Waals surface area contributed by atoms with Gasteiger partial charge >= 0.3 is 5.97 Å². The van der Waals surface area contributed by atoms with E-state index in [9.17, 15) is 9.59 Å². The lowest BCUT2D eigenvalue weighted by molar-refractivity contribution is 0.0690. The highest BCUT2D eigenvalue weighted by atomic mass is 35.5. The van der Waals surface area contributed by atoms with Crippen molar-refractivity contribution >= 4 is 23.5 Å². The first-order chi connectivity index (χ1) is 9.06. The number of aromatic nitrogens is 1. The minimum absolute atomic E-state index is 0.0482. The van der Waals surface area contributed by atoms with E-state index in [1.165, 1.54) is 24.4 Å². The fourth-order valence-electron chi connectivity index (χ4n) is 1.36. The standard InChI is InChI=1S/C12H9ClN2O4/c13-10-4-3-9(19-10)11(16)15-6-7-1-2-8(12(17)18)14-5-7/h1-5H,6H2,(H,15,16)(H,17,18). The molecule has 0 aromatic carbocycles. The predicted molar refractivity (Wildman–Crippen MR) is 66.1 cm³/mol. The summed E-state index contributed by atoms with van der Waals surface area (Å²) in [6, 6.07) is 5.88. The second-order valence-electron chi connectivity index (χ2n) is 3.64. The number of nitrogens with zero attached hydrogens (tertiary/aromatic N) is 1. The van der Waals surface area contributed by atoms with Crippen LogP contribution in [0, 0.1) is 0 Å². The molecule has 0 unspecified atom stereocenters. The molecule has 7 heteroatoms. The molecule has 1 amide bonds. The van der Waals surface area contributed by atoms with Gasteiger partial charge in [0.1, 0.15) is 5.69 Å². The number of amides is 1. The van der Waals surface area contributed by atoms with Crippen molar-refractivity contribution < 1.29 is 19.1 Å². The van der Waals surface area contributed by atoms with Gasteiger partial charge in [-0.05, 0) is 35.4 Å². The topological polar surface area (TPSA) is 92.4 Å². The van der Waals surface area contributed by atoms with Crippen molar-refractivity contribution in [2.75, 3.05) is 0 Å². The predicted octanol–water partition coefficient (Wildman–Crippen LogP) is 1.96. The first kappa shape index (κ1) is 13.1. The zero-order valence-electron chi connectivity index (χ0n) is 9.59. The Labute approximate surface area is 113 Å². The number of furan rings is 1. The van der Waals surface area contributed by atoms with Crippen LogP contribution >= 0.6 is 11.6 Å². The summed E-state index contributed by atoms with van der Waals surface area (Å²) in [4.78, 5) is 26.0. The van der Waals surface area contributed by atoms with Crippen molar-refractivity contribution in [3.05, 3.63) is 52.7 Å². The van der Waals surface area contributed by atoms with Crippen molar-refractivity contribution in [2.45, 2.75) is 6.54 Å². The van der Waals surface area contributed by atoms with Gasteiger partial charge in [-0.15, -0.1) is 0 Å². The minimum atomic E-state index is -1.10. The van der Waals surface area contributed by atoms with Crippen LogP contribution in [0.3, 0.4) is 0 Å².